The lowest BCUT2D eigenvalue weighted by atomic mass is 10.1. The smallest absolute Gasteiger partial charge is 0.268 e. The van der Waals surface area contributed by atoms with Crippen LogP contribution >= 0.6 is 0 Å². The number of aryl methyl sites for hydroxylation is 1. The Hall–Kier alpha value is -3.05. The van der Waals surface area contributed by atoms with Gasteiger partial charge in [-0.15, -0.1) is 0 Å². The van der Waals surface area contributed by atoms with Crippen LogP contribution in [-0.4, -0.2) is 11.7 Å². The van der Waals surface area contributed by atoms with Gasteiger partial charge in [0.1, 0.15) is 23.5 Å². The fraction of sp³-hybridized carbons (Fsp3) is 0.188. The monoisotopic (exact) mass is 279 g/mol. The fourth-order valence-corrected chi connectivity index (χ4v) is 2.06. The van der Waals surface area contributed by atoms with Crippen molar-refractivity contribution >= 4 is 0 Å². The second kappa shape index (κ2) is 5.94. The number of aromatic nitrogens is 1. The molecular formula is C16H13N3O2. The van der Waals surface area contributed by atoms with Crippen molar-refractivity contribution in [1.29, 1.82) is 10.5 Å². The molecule has 2 rings (SSSR count). The van der Waals surface area contributed by atoms with Gasteiger partial charge >= 0.3 is 0 Å². The zero-order valence-electron chi connectivity index (χ0n) is 11.8. The van der Waals surface area contributed by atoms with Crippen LogP contribution in [0.1, 0.15) is 22.4 Å². The number of pyridine rings is 1. The number of hydrogen-bond acceptors (Lipinski definition) is 4. The zero-order valence-corrected chi connectivity index (χ0v) is 11.8. The zero-order chi connectivity index (χ0) is 15.4. The summed E-state index contributed by atoms with van der Waals surface area (Å²) in [5, 5.41) is 17.9. The quantitative estimate of drug-likeness (QED) is 0.860. The Labute approximate surface area is 122 Å². The number of ether oxygens (including phenoxy) is 1. The van der Waals surface area contributed by atoms with Gasteiger partial charge in [-0.05, 0) is 36.8 Å². The number of methoxy groups -OCH3 is 1. The van der Waals surface area contributed by atoms with Gasteiger partial charge in [0.15, 0.2) is 0 Å². The molecule has 1 aromatic heterocycles. The molecule has 0 spiro atoms. The van der Waals surface area contributed by atoms with Crippen LogP contribution < -0.4 is 10.3 Å². The number of hydrogen-bond donors (Lipinski definition) is 0. The van der Waals surface area contributed by atoms with Crippen molar-refractivity contribution in [3.05, 3.63) is 63.1 Å². The van der Waals surface area contributed by atoms with E-state index in [0.29, 0.717) is 17.9 Å². The molecule has 1 aromatic carbocycles. The average molecular weight is 279 g/mol. The highest BCUT2D eigenvalue weighted by atomic mass is 16.5. The van der Waals surface area contributed by atoms with Gasteiger partial charge in [0.25, 0.3) is 5.56 Å². The maximum atomic E-state index is 12.2. The lowest BCUT2D eigenvalue weighted by Crippen LogP contribution is -2.24. The molecule has 0 fully saturated rings. The van der Waals surface area contributed by atoms with Crippen molar-refractivity contribution in [1.82, 2.24) is 4.57 Å². The molecule has 0 saturated carbocycles. The standard InChI is InChI=1S/C16H13N3O2/c1-11-3-5-14(9-18)16(20)19(11)10-12-4-6-13(8-17)15(7-12)21-2/h3-7H,10H2,1-2H3. The van der Waals surface area contributed by atoms with Gasteiger partial charge in [-0.1, -0.05) is 6.07 Å². The average Bonchev–Trinajstić information content (AvgIpc) is 2.51. The SMILES string of the molecule is COc1cc(Cn2c(C)ccc(C#N)c2=O)ccc1C#N. The van der Waals surface area contributed by atoms with Crippen LogP contribution in [-0.2, 0) is 6.54 Å². The van der Waals surface area contributed by atoms with E-state index in [4.69, 9.17) is 15.3 Å². The second-order valence-corrected chi connectivity index (χ2v) is 4.54. The van der Waals surface area contributed by atoms with Crippen molar-refractivity contribution in [3.8, 4) is 17.9 Å². The van der Waals surface area contributed by atoms with Crippen molar-refractivity contribution in [2.75, 3.05) is 7.11 Å². The third-order valence-corrected chi connectivity index (χ3v) is 3.24. The summed E-state index contributed by atoms with van der Waals surface area (Å²) in [5.41, 5.74) is 1.83. The molecule has 0 N–H and O–H groups in total. The summed E-state index contributed by atoms with van der Waals surface area (Å²) in [6, 6.07) is 12.3. The van der Waals surface area contributed by atoms with Gasteiger partial charge < -0.3 is 9.30 Å². The molecule has 0 atom stereocenters. The Morgan fingerprint density at radius 2 is 1.81 bits per heavy atom. The number of benzene rings is 1. The van der Waals surface area contributed by atoms with Crippen LogP contribution in [0.2, 0.25) is 0 Å². The van der Waals surface area contributed by atoms with Crippen LogP contribution in [0.3, 0.4) is 0 Å². The van der Waals surface area contributed by atoms with E-state index in [1.807, 2.05) is 19.1 Å². The van der Waals surface area contributed by atoms with Crippen LogP contribution in [0.5, 0.6) is 5.75 Å². The molecule has 104 valence electrons. The van der Waals surface area contributed by atoms with Crippen LogP contribution in [0, 0.1) is 29.6 Å². The van der Waals surface area contributed by atoms with E-state index in [9.17, 15) is 4.79 Å². The molecule has 5 heteroatoms. The van der Waals surface area contributed by atoms with E-state index in [0.717, 1.165) is 11.3 Å². The highest BCUT2D eigenvalue weighted by molar-refractivity contribution is 5.45. The van der Waals surface area contributed by atoms with Crippen molar-refractivity contribution in [2.24, 2.45) is 0 Å². The molecule has 0 saturated heterocycles. The molecule has 1 heterocycles. The predicted molar refractivity (Wildman–Crippen MR) is 77.0 cm³/mol. The number of rotatable bonds is 3. The summed E-state index contributed by atoms with van der Waals surface area (Å²) >= 11 is 0. The van der Waals surface area contributed by atoms with Crippen molar-refractivity contribution in [2.45, 2.75) is 13.5 Å². The number of nitrogens with zero attached hydrogens (tertiary/aromatic N) is 3. The summed E-state index contributed by atoms with van der Waals surface area (Å²) in [6.45, 7) is 2.13. The Morgan fingerprint density at radius 1 is 1.14 bits per heavy atom. The minimum atomic E-state index is -0.319. The Kier molecular flexibility index (Phi) is 4.06. The van der Waals surface area contributed by atoms with E-state index >= 15 is 0 Å². The molecule has 5 nitrogen and oxygen atoms in total. The van der Waals surface area contributed by atoms with E-state index in [-0.39, 0.29) is 11.1 Å². The molecule has 21 heavy (non-hydrogen) atoms. The first-order valence-corrected chi connectivity index (χ1v) is 6.28. The fourth-order valence-electron chi connectivity index (χ4n) is 2.06. The van der Waals surface area contributed by atoms with E-state index in [1.165, 1.54) is 17.7 Å². The largest absolute Gasteiger partial charge is 0.495 e. The first-order valence-electron chi connectivity index (χ1n) is 6.28. The predicted octanol–water partition coefficient (Wildman–Crippen LogP) is 1.96. The minimum Gasteiger partial charge on any atom is -0.495 e. The summed E-state index contributed by atoms with van der Waals surface area (Å²) in [7, 11) is 1.49. The Bertz CT molecular complexity index is 823. The van der Waals surface area contributed by atoms with Crippen LogP contribution in [0.4, 0.5) is 0 Å². The molecule has 0 radical (unpaired) electrons. The molecular weight excluding hydrogens is 266 g/mol. The lowest BCUT2D eigenvalue weighted by Gasteiger charge is -2.11. The molecule has 2 aromatic rings. The normalized spacial score (nSPS) is 9.71. The summed E-state index contributed by atoms with van der Waals surface area (Å²) in [6.07, 6.45) is 0. The molecule has 0 bridgehead atoms. The van der Waals surface area contributed by atoms with Gasteiger partial charge in [-0.25, -0.2) is 0 Å². The molecule has 0 aliphatic rings. The summed E-state index contributed by atoms with van der Waals surface area (Å²) < 4.78 is 6.68. The first-order chi connectivity index (χ1) is 10.1. The highest BCUT2D eigenvalue weighted by Gasteiger charge is 2.09. The topological polar surface area (TPSA) is 78.8 Å². The van der Waals surface area contributed by atoms with Gasteiger partial charge in [0, 0.05) is 5.69 Å². The molecule has 0 amide bonds. The molecule has 0 aliphatic heterocycles. The van der Waals surface area contributed by atoms with E-state index < -0.39 is 0 Å². The lowest BCUT2D eigenvalue weighted by molar-refractivity contribution is 0.412. The maximum absolute atomic E-state index is 12.2. The van der Waals surface area contributed by atoms with Crippen molar-refractivity contribution < 1.29 is 4.74 Å². The first kappa shape index (κ1) is 14.4. The van der Waals surface area contributed by atoms with Gasteiger partial charge in [0.05, 0.1) is 19.2 Å². The minimum absolute atomic E-state index is 0.112. The molecule has 0 aliphatic carbocycles. The second-order valence-electron chi connectivity index (χ2n) is 4.54. The van der Waals surface area contributed by atoms with Gasteiger partial charge in [-0.3, -0.25) is 4.79 Å². The van der Waals surface area contributed by atoms with Crippen LogP contribution in [0.25, 0.3) is 0 Å². The third-order valence-electron chi connectivity index (χ3n) is 3.24. The Balaban J connectivity index is 2.47. The van der Waals surface area contributed by atoms with E-state index in [1.54, 1.807) is 24.3 Å². The molecule has 0 unspecified atom stereocenters. The highest BCUT2D eigenvalue weighted by Crippen LogP contribution is 2.19. The van der Waals surface area contributed by atoms with Gasteiger partial charge in [0.2, 0.25) is 0 Å². The van der Waals surface area contributed by atoms with Crippen molar-refractivity contribution in [3.63, 3.8) is 0 Å². The summed E-state index contributed by atoms with van der Waals surface area (Å²) in [5.74, 6) is 0.470. The third kappa shape index (κ3) is 2.77. The number of nitriles is 2. The van der Waals surface area contributed by atoms with E-state index in [2.05, 4.69) is 0 Å². The van der Waals surface area contributed by atoms with Crippen LogP contribution in [0.15, 0.2) is 35.1 Å². The summed E-state index contributed by atoms with van der Waals surface area (Å²) in [4.78, 5) is 12.2. The maximum Gasteiger partial charge on any atom is 0.268 e. The van der Waals surface area contributed by atoms with Gasteiger partial charge in [-0.2, -0.15) is 10.5 Å². The Morgan fingerprint density at radius 3 is 2.43 bits per heavy atom.